The fourth-order valence-corrected chi connectivity index (χ4v) is 8.57. The molecule has 0 bridgehead atoms. The lowest BCUT2D eigenvalue weighted by Gasteiger charge is -2.18. The Morgan fingerprint density at radius 2 is 0.836 bits per heavy atom. The smallest absolute Gasteiger partial charge is 0.306 e. The molecule has 4 rings (SSSR count). The number of benzene rings is 2. The van der Waals surface area contributed by atoms with Gasteiger partial charge in [-0.25, -0.2) is 0 Å². The molecule has 0 saturated heterocycles. The Hall–Kier alpha value is -4.23. The molecule has 0 radical (unpaired) electrons. The molecule has 0 aliphatic heterocycles. The zero-order valence-electron chi connectivity index (χ0n) is 42.0. The highest BCUT2D eigenvalue weighted by Crippen LogP contribution is 2.49. The van der Waals surface area contributed by atoms with E-state index in [0.717, 1.165) is 101 Å². The van der Waals surface area contributed by atoms with Crippen molar-refractivity contribution in [2.24, 2.45) is 10.8 Å². The Bertz CT molecular complexity index is 1740. The average Bonchev–Trinajstić information content (AvgIpc) is 4.28. The first-order valence-electron chi connectivity index (χ1n) is 26.7. The summed E-state index contributed by atoms with van der Waals surface area (Å²) < 4.78 is 16.9. The number of esters is 3. The van der Waals surface area contributed by atoms with Crippen LogP contribution >= 0.6 is 0 Å². The molecule has 0 amide bonds. The molecule has 67 heavy (non-hydrogen) atoms. The molecule has 2 aromatic rings. The number of allylic oxidation sites excluding steroid dienone is 8. The summed E-state index contributed by atoms with van der Waals surface area (Å²) in [4.78, 5) is 39.0. The first-order chi connectivity index (χ1) is 32.7. The Morgan fingerprint density at radius 1 is 0.478 bits per heavy atom. The van der Waals surface area contributed by atoms with Gasteiger partial charge in [0.05, 0.1) is 0 Å². The maximum Gasteiger partial charge on any atom is 0.306 e. The van der Waals surface area contributed by atoms with Gasteiger partial charge in [-0.2, -0.15) is 0 Å². The molecule has 2 aliphatic carbocycles. The normalized spacial score (nSPS) is 15.5. The summed E-state index contributed by atoms with van der Waals surface area (Å²) in [6.45, 7) is 1.63. The number of nitrogens with zero attached hydrogens (tertiary/aromatic N) is 1. The van der Waals surface area contributed by atoms with Crippen LogP contribution in [0.2, 0.25) is 0 Å². The summed E-state index contributed by atoms with van der Waals surface area (Å²) in [5, 5.41) is 0. The van der Waals surface area contributed by atoms with E-state index in [1.807, 2.05) is 60.7 Å². The number of hydrogen-bond acceptors (Lipinski definition) is 7. The second-order valence-electron chi connectivity index (χ2n) is 19.9. The minimum absolute atomic E-state index is 0.0240. The lowest BCUT2D eigenvalue weighted by molar-refractivity contribution is -0.150. The van der Waals surface area contributed by atoms with Crippen LogP contribution in [-0.4, -0.2) is 49.6 Å². The van der Waals surface area contributed by atoms with Crippen molar-refractivity contribution in [2.75, 3.05) is 20.6 Å². The standard InChI is InChI=1S/C60H89NO6/c1-61(2)50-32-41-58(64)67-55(38-25-11-7-5-9-15-29-43-60(48-49-60)45-31-17-13-27-40-57(63)66-52-54-35-22-19-23-36-54)37-24-10-6-3-4-8-14-28-42-59(46-47-59)44-30-16-12-26-39-56(62)65-51-53-33-20-18-21-34-53/h18-23,28-31,33-36,42-45,55H,3-17,24-27,32,37-41,46-52H2,1-2H3/b42-28-,43-29-,44-30-,45-31-. The second kappa shape index (κ2) is 34.1. The van der Waals surface area contributed by atoms with Crippen molar-refractivity contribution >= 4 is 17.9 Å². The summed E-state index contributed by atoms with van der Waals surface area (Å²) in [7, 11) is 4.10. The van der Waals surface area contributed by atoms with Crippen LogP contribution in [0.25, 0.3) is 0 Å². The number of rotatable bonds is 40. The fourth-order valence-electron chi connectivity index (χ4n) is 8.57. The molecule has 2 fully saturated rings. The van der Waals surface area contributed by atoms with E-state index in [2.05, 4.69) is 67.6 Å². The Balaban J connectivity index is 0.974. The molecule has 0 spiro atoms. The van der Waals surface area contributed by atoms with Gasteiger partial charge in [-0.15, -0.1) is 0 Å². The highest BCUT2D eigenvalue weighted by molar-refractivity contribution is 5.70. The summed E-state index contributed by atoms with van der Waals surface area (Å²) in [6, 6.07) is 19.7. The summed E-state index contributed by atoms with van der Waals surface area (Å²) in [5.41, 5.74) is 2.62. The van der Waals surface area contributed by atoms with E-state index in [-0.39, 0.29) is 34.8 Å². The monoisotopic (exact) mass is 920 g/mol. The Kier molecular flexibility index (Phi) is 28.2. The number of unbranched alkanes of at least 4 members (excludes halogenated alkanes) is 15. The van der Waals surface area contributed by atoms with Gasteiger partial charge in [0.15, 0.2) is 0 Å². The zero-order chi connectivity index (χ0) is 47.5. The third-order valence-corrected chi connectivity index (χ3v) is 13.3. The molecule has 1 unspecified atom stereocenters. The topological polar surface area (TPSA) is 82.1 Å². The minimum atomic E-state index is -0.108. The van der Waals surface area contributed by atoms with Crippen LogP contribution in [0, 0.1) is 10.8 Å². The molecule has 2 saturated carbocycles. The molecule has 0 N–H and O–H groups in total. The summed E-state index contributed by atoms with van der Waals surface area (Å²) >= 11 is 0. The van der Waals surface area contributed by atoms with E-state index in [1.165, 1.54) is 83.5 Å². The van der Waals surface area contributed by atoms with Gasteiger partial charge in [-0.3, -0.25) is 14.4 Å². The van der Waals surface area contributed by atoms with Crippen molar-refractivity contribution in [3.8, 4) is 0 Å². The minimum Gasteiger partial charge on any atom is -0.462 e. The lowest BCUT2D eigenvalue weighted by atomic mass is 10.0. The van der Waals surface area contributed by atoms with E-state index < -0.39 is 0 Å². The summed E-state index contributed by atoms with van der Waals surface area (Å²) in [6.07, 6.45) is 50.0. The van der Waals surface area contributed by atoms with Crippen LogP contribution in [0.5, 0.6) is 0 Å². The number of ether oxygens (including phenoxy) is 3. The van der Waals surface area contributed by atoms with Crippen LogP contribution in [0.15, 0.2) is 109 Å². The van der Waals surface area contributed by atoms with Crippen molar-refractivity contribution in [1.29, 1.82) is 0 Å². The van der Waals surface area contributed by atoms with Crippen molar-refractivity contribution in [3.05, 3.63) is 120 Å². The van der Waals surface area contributed by atoms with E-state index in [4.69, 9.17) is 14.2 Å². The predicted octanol–water partition coefficient (Wildman–Crippen LogP) is 15.5. The molecule has 0 heterocycles. The molecular formula is C60H89NO6. The highest BCUT2D eigenvalue weighted by atomic mass is 16.5. The van der Waals surface area contributed by atoms with Gasteiger partial charge < -0.3 is 19.1 Å². The zero-order valence-corrected chi connectivity index (χ0v) is 42.0. The third kappa shape index (κ3) is 28.0. The van der Waals surface area contributed by atoms with Gasteiger partial charge in [-0.1, -0.05) is 154 Å². The number of hydrogen-bond donors (Lipinski definition) is 0. The molecule has 7 nitrogen and oxygen atoms in total. The van der Waals surface area contributed by atoms with E-state index in [9.17, 15) is 14.4 Å². The van der Waals surface area contributed by atoms with Gasteiger partial charge in [0, 0.05) is 30.1 Å². The van der Waals surface area contributed by atoms with Gasteiger partial charge >= 0.3 is 17.9 Å². The second-order valence-corrected chi connectivity index (χ2v) is 19.9. The molecular weight excluding hydrogens is 831 g/mol. The van der Waals surface area contributed by atoms with Crippen molar-refractivity contribution in [1.82, 2.24) is 4.90 Å². The molecule has 1 atom stereocenters. The van der Waals surface area contributed by atoms with Crippen LogP contribution < -0.4 is 0 Å². The maximum absolute atomic E-state index is 12.7. The van der Waals surface area contributed by atoms with Crippen molar-refractivity contribution in [3.63, 3.8) is 0 Å². The van der Waals surface area contributed by atoms with Crippen molar-refractivity contribution < 1.29 is 28.6 Å². The number of carbonyl (C=O) groups excluding carboxylic acids is 3. The van der Waals surface area contributed by atoms with Gasteiger partial charge in [0.2, 0.25) is 0 Å². The Morgan fingerprint density at radius 3 is 1.22 bits per heavy atom. The lowest BCUT2D eigenvalue weighted by Crippen LogP contribution is -2.20. The van der Waals surface area contributed by atoms with Crippen LogP contribution in [-0.2, 0) is 41.8 Å². The van der Waals surface area contributed by atoms with Crippen LogP contribution in [0.3, 0.4) is 0 Å². The molecule has 2 aromatic carbocycles. The average molecular weight is 920 g/mol. The predicted molar refractivity (Wildman–Crippen MR) is 276 cm³/mol. The van der Waals surface area contributed by atoms with Crippen LogP contribution in [0.1, 0.15) is 197 Å². The quantitative estimate of drug-likeness (QED) is 0.0285. The van der Waals surface area contributed by atoms with Crippen molar-refractivity contribution in [2.45, 2.75) is 206 Å². The highest BCUT2D eigenvalue weighted by Gasteiger charge is 2.37. The molecule has 7 heteroatoms. The van der Waals surface area contributed by atoms with Gasteiger partial charge in [0.25, 0.3) is 0 Å². The van der Waals surface area contributed by atoms with Crippen LogP contribution in [0.4, 0.5) is 0 Å². The van der Waals surface area contributed by atoms with Gasteiger partial charge in [-0.05, 0) is 154 Å². The van der Waals surface area contributed by atoms with E-state index in [0.29, 0.717) is 32.5 Å². The largest absolute Gasteiger partial charge is 0.462 e. The first kappa shape index (κ1) is 55.4. The summed E-state index contributed by atoms with van der Waals surface area (Å²) in [5.74, 6) is -0.238. The van der Waals surface area contributed by atoms with Gasteiger partial charge in [0.1, 0.15) is 19.3 Å². The molecule has 2 aliphatic rings. The first-order valence-corrected chi connectivity index (χ1v) is 26.7. The maximum atomic E-state index is 12.7. The SMILES string of the molecule is CN(C)CCCC(=O)OC(CCCCCCC/C=C\C1(/C=C\CCCCC(=O)OCc2ccccc2)CC1)CCCCCCCC/C=C\C1(/C=C\CCCCC(=O)OCc2ccccc2)CC1. The van der Waals surface area contributed by atoms with E-state index >= 15 is 0 Å². The van der Waals surface area contributed by atoms with E-state index in [1.54, 1.807) is 0 Å². The third-order valence-electron chi connectivity index (χ3n) is 13.3. The molecule has 0 aromatic heterocycles. The number of carbonyl (C=O) groups is 3. The fraction of sp³-hybridized carbons (Fsp3) is 0.617. The Labute approximate surface area is 407 Å². The molecule has 370 valence electrons.